The van der Waals surface area contributed by atoms with Crippen LogP contribution in [0.1, 0.15) is 51.2 Å². The molecule has 0 aromatic heterocycles. The molecular weight excluding hydrogens is 280 g/mol. The first-order valence-corrected chi connectivity index (χ1v) is 7.82. The summed E-state index contributed by atoms with van der Waals surface area (Å²) >= 11 is 0. The number of ether oxygens (including phenoxy) is 2. The van der Waals surface area contributed by atoms with Gasteiger partial charge in [-0.1, -0.05) is 25.0 Å². The van der Waals surface area contributed by atoms with Gasteiger partial charge in [-0.05, 0) is 44.4 Å². The van der Waals surface area contributed by atoms with Crippen LogP contribution in [0.5, 0.6) is 5.75 Å². The zero-order valence-electron chi connectivity index (χ0n) is 13.3. The molecule has 2 aliphatic rings. The summed E-state index contributed by atoms with van der Waals surface area (Å²) in [6, 6.07) is 7.37. The highest BCUT2D eigenvalue weighted by molar-refractivity contribution is 6.08. The van der Waals surface area contributed by atoms with Crippen LogP contribution in [0.15, 0.2) is 24.3 Å². The Morgan fingerprint density at radius 3 is 2.23 bits per heavy atom. The van der Waals surface area contributed by atoms with E-state index in [1.165, 1.54) is 0 Å². The molecule has 1 heterocycles. The molecule has 1 saturated heterocycles. The van der Waals surface area contributed by atoms with Gasteiger partial charge < -0.3 is 9.47 Å². The van der Waals surface area contributed by atoms with Crippen molar-refractivity contribution in [3.05, 3.63) is 29.8 Å². The molecule has 0 unspecified atom stereocenters. The number of methoxy groups -OCH3 is 1. The first kappa shape index (κ1) is 15.1. The van der Waals surface area contributed by atoms with E-state index in [4.69, 9.17) is 9.47 Å². The van der Waals surface area contributed by atoms with Gasteiger partial charge in [-0.3, -0.25) is 9.59 Å². The standard InChI is InChI=1S/C18H22O4/c1-17(2)14(12-6-8-13(21-3)9-7-12)22-16(20)18(15(17)19)10-4-5-11-18/h6-9,14H,4-5,10-11H2,1-3H3/t14-/m1/s1. The molecule has 0 amide bonds. The molecule has 0 bridgehead atoms. The number of esters is 1. The van der Waals surface area contributed by atoms with Crippen LogP contribution in [0.2, 0.25) is 0 Å². The maximum absolute atomic E-state index is 13.1. The lowest BCUT2D eigenvalue weighted by Gasteiger charge is -2.44. The third-order valence-corrected chi connectivity index (χ3v) is 5.17. The Morgan fingerprint density at radius 1 is 1.09 bits per heavy atom. The second kappa shape index (κ2) is 5.11. The van der Waals surface area contributed by atoms with Crippen LogP contribution in [-0.2, 0) is 14.3 Å². The monoisotopic (exact) mass is 302 g/mol. The van der Waals surface area contributed by atoms with E-state index in [0.717, 1.165) is 24.2 Å². The minimum Gasteiger partial charge on any atom is -0.497 e. The van der Waals surface area contributed by atoms with E-state index in [0.29, 0.717) is 12.8 Å². The lowest BCUT2D eigenvalue weighted by atomic mass is 9.64. The molecule has 1 saturated carbocycles. The lowest BCUT2D eigenvalue weighted by Crippen LogP contribution is -2.53. The maximum atomic E-state index is 13.1. The fourth-order valence-corrected chi connectivity index (χ4v) is 3.87. The average Bonchev–Trinajstić information content (AvgIpc) is 3.01. The predicted octanol–water partition coefficient (Wildman–Crippen LogP) is 3.45. The Hall–Kier alpha value is -1.84. The molecular formula is C18H22O4. The molecule has 118 valence electrons. The van der Waals surface area contributed by atoms with Crippen LogP contribution in [0, 0.1) is 10.8 Å². The summed E-state index contributed by atoms with van der Waals surface area (Å²) in [6.45, 7) is 3.77. The molecule has 1 aromatic rings. The van der Waals surface area contributed by atoms with Gasteiger partial charge in [0, 0.05) is 0 Å². The number of carbonyl (C=O) groups is 2. The summed E-state index contributed by atoms with van der Waals surface area (Å²) in [5, 5.41) is 0. The van der Waals surface area contributed by atoms with Crippen molar-refractivity contribution in [3.63, 3.8) is 0 Å². The number of hydrogen-bond donors (Lipinski definition) is 0. The molecule has 4 heteroatoms. The van der Waals surface area contributed by atoms with Gasteiger partial charge in [0.15, 0.2) is 5.78 Å². The van der Waals surface area contributed by atoms with Gasteiger partial charge in [0.25, 0.3) is 0 Å². The van der Waals surface area contributed by atoms with Crippen molar-refractivity contribution < 1.29 is 19.1 Å². The highest BCUT2D eigenvalue weighted by Gasteiger charge is 2.60. The van der Waals surface area contributed by atoms with Crippen molar-refractivity contribution in [2.45, 2.75) is 45.6 Å². The molecule has 1 aliphatic carbocycles. The normalized spacial score (nSPS) is 26.0. The predicted molar refractivity (Wildman–Crippen MR) is 81.5 cm³/mol. The second-order valence-corrected chi connectivity index (χ2v) is 6.90. The highest BCUT2D eigenvalue weighted by atomic mass is 16.5. The summed E-state index contributed by atoms with van der Waals surface area (Å²) in [7, 11) is 1.60. The Labute approximate surface area is 130 Å². The zero-order chi connectivity index (χ0) is 16.0. The molecule has 0 radical (unpaired) electrons. The van der Waals surface area contributed by atoms with Crippen molar-refractivity contribution in [3.8, 4) is 5.75 Å². The number of rotatable bonds is 2. The molecule has 2 fully saturated rings. The Morgan fingerprint density at radius 2 is 1.68 bits per heavy atom. The fraction of sp³-hybridized carbons (Fsp3) is 0.556. The quantitative estimate of drug-likeness (QED) is 0.620. The fourth-order valence-electron chi connectivity index (χ4n) is 3.87. The van der Waals surface area contributed by atoms with E-state index in [1.54, 1.807) is 7.11 Å². The van der Waals surface area contributed by atoms with E-state index in [9.17, 15) is 9.59 Å². The summed E-state index contributed by atoms with van der Waals surface area (Å²) < 4.78 is 10.9. The molecule has 0 N–H and O–H groups in total. The van der Waals surface area contributed by atoms with Gasteiger partial charge in [-0.25, -0.2) is 0 Å². The number of Topliss-reactive ketones (excluding diaryl/α,β-unsaturated/α-hetero) is 1. The van der Waals surface area contributed by atoms with Crippen molar-refractivity contribution >= 4 is 11.8 Å². The smallest absolute Gasteiger partial charge is 0.320 e. The van der Waals surface area contributed by atoms with E-state index < -0.39 is 16.9 Å². The summed E-state index contributed by atoms with van der Waals surface area (Å²) in [4.78, 5) is 25.6. The van der Waals surface area contributed by atoms with E-state index in [1.807, 2.05) is 38.1 Å². The first-order valence-electron chi connectivity index (χ1n) is 7.82. The molecule has 1 aliphatic heterocycles. The minimum absolute atomic E-state index is 0.0366. The van der Waals surface area contributed by atoms with Crippen LogP contribution in [0.25, 0.3) is 0 Å². The topological polar surface area (TPSA) is 52.6 Å². The third kappa shape index (κ3) is 2.04. The number of carbonyl (C=O) groups excluding carboxylic acids is 2. The minimum atomic E-state index is -0.896. The molecule has 1 aromatic carbocycles. The van der Waals surface area contributed by atoms with Gasteiger partial charge in [0.2, 0.25) is 0 Å². The second-order valence-electron chi connectivity index (χ2n) is 6.90. The Balaban J connectivity index is 1.96. The van der Waals surface area contributed by atoms with Crippen LogP contribution < -0.4 is 4.74 Å². The number of hydrogen-bond acceptors (Lipinski definition) is 4. The van der Waals surface area contributed by atoms with Crippen LogP contribution in [-0.4, -0.2) is 18.9 Å². The number of ketones is 1. The average molecular weight is 302 g/mol. The summed E-state index contributed by atoms with van der Waals surface area (Å²) in [6.07, 6.45) is 2.56. The summed E-state index contributed by atoms with van der Waals surface area (Å²) in [5.74, 6) is 0.437. The van der Waals surface area contributed by atoms with E-state index in [-0.39, 0.29) is 11.8 Å². The molecule has 3 rings (SSSR count). The number of benzene rings is 1. The Kier molecular flexibility index (Phi) is 3.50. The van der Waals surface area contributed by atoms with Crippen molar-refractivity contribution in [2.75, 3.05) is 7.11 Å². The van der Waals surface area contributed by atoms with Gasteiger partial charge in [0.1, 0.15) is 17.3 Å². The van der Waals surface area contributed by atoms with Crippen molar-refractivity contribution in [1.29, 1.82) is 0 Å². The Bertz CT molecular complexity index is 594. The van der Waals surface area contributed by atoms with E-state index in [2.05, 4.69) is 0 Å². The molecule has 1 atom stereocenters. The largest absolute Gasteiger partial charge is 0.497 e. The van der Waals surface area contributed by atoms with Gasteiger partial charge in [0.05, 0.1) is 12.5 Å². The maximum Gasteiger partial charge on any atom is 0.320 e. The summed E-state index contributed by atoms with van der Waals surface area (Å²) in [5.41, 5.74) is -0.778. The van der Waals surface area contributed by atoms with Crippen molar-refractivity contribution in [1.82, 2.24) is 0 Å². The lowest BCUT2D eigenvalue weighted by molar-refractivity contribution is -0.189. The third-order valence-electron chi connectivity index (χ3n) is 5.17. The van der Waals surface area contributed by atoms with Gasteiger partial charge in [-0.2, -0.15) is 0 Å². The highest BCUT2D eigenvalue weighted by Crippen LogP contribution is 2.53. The van der Waals surface area contributed by atoms with Crippen LogP contribution in [0.3, 0.4) is 0 Å². The molecule has 4 nitrogen and oxygen atoms in total. The molecule has 22 heavy (non-hydrogen) atoms. The zero-order valence-corrected chi connectivity index (χ0v) is 13.3. The van der Waals surface area contributed by atoms with Crippen LogP contribution >= 0.6 is 0 Å². The van der Waals surface area contributed by atoms with Crippen molar-refractivity contribution in [2.24, 2.45) is 10.8 Å². The molecule has 1 spiro atoms. The van der Waals surface area contributed by atoms with Gasteiger partial charge >= 0.3 is 5.97 Å². The SMILES string of the molecule is COc1ccc([C@H]2OC(=O)C3(CCCC3)C(=O)C2(C)C)cc1. The number of cyclic esters (lactones) is 1. The first-order chi connectivity index (χ1) is 10.4. The van der Waals surface area contributed by atoms with Gasteiger partial charge in [-0.15, -0.1) is 0 Å². The van der Waals surface area contributed by atoms with E-state index >= 15 is 0 Å². The van der Waals surface area contributed by atoms with Crippen LogP contribution in [0.4, 0.5) is 0 Å².